The fourth-order valence-corrected chi connectivity index (χ4v) is 2.10. The molecule has 0 aliphatic carbocycles. The molecule has 0 atom stereocenters. The molecule has 2 aromatic rings. The fourth-order valence-electron chi connectivity index (χ4n) is 1.66. The van der Waals surface area contributed by atoms with Gasteiger partial charge >= 0.3 is 0 Å². The second-order valence-electron chi connectivity index (χ2n) is 3.87. The van der Waals surface area contributed by atoms with Gasteiger partial charge in [-0.1, -0.05) is 35.3 Å². The number of carbonyl (C=O) groups excluding carboxylic acids is 1. The monoisotopic (exact) mass is 282 g/mol. The van der Waals surface area contributed by atoms with Crippen molar-refractivity contribution >= 4 is 29.0 Å². The van der Waals surface area contributed by atoms with E-state index in [9.17, 15) is 9.18 Å². The highest BCUT2D eigenvalue weighted by Crippen LogP contribution is 2.31. The van der Waals surface area contributed by atoms with Crippen molar-refractivity contribution in [3.63, 3.8) is 0 Å². The van der Waals surface area contributed by atoms with Gasteiger partial charge in [0, 0.05) is 26.7 Å². The Morgan fingerprint density at radius 1 is 1.06 bits per heavy atom. The molecule has 0 bridgehead atoms. The predicted molar refractivity (Wildman–Crippen MR) is 71.9 cm³/mol. The zero-order valence-corrected chi connectivity index (χ0v) is 11.0. The van der Waals surface area contributed by atoms with Crippen LogP contribution in [0.2, 0.25) is 10.0 Å². The number of benzene rings is 2. The summed E-state index contributed by atoms with van der Waals surface area (Å²) in [5.74, 6) is -0.528. The standard InChI is InChI=1S/C14H9Cl2FO/c1-8(18)9-2-4-11(13(16)6-9)12-5-3-10(15)7-14(12)17/h2-7H,1H3. The van der Waals surface area contributed by atoms with Gasteiger partial charge in [0.2, 0.25) is 0 Å². The summed E-state index contributed by atoms with van der Waals surface area (Å²) in [7, 11) is 0. The molecule has 0 spiro atoms. The smallest absolute Gasteiger partial charge is 0.159 e. The van der Waals surface area contributed by atoms with E-state index in [1.807, 2.05) is 0 Å². The van der Waals surface area contributed by atoms with Gasteiger partial charge in [0.1, 0.15) is 5.82 Å². The largest absolute Gasteiger partial charge is 0.295 e. The highest BCUT2D eigenvalue weighted by atomic mass is 35.5. The van der Waals surface area contributed by atoms with E-state index in [1.54, 1.807) is 24.3 Å². The van der Waals surface area contributed by atoms with Crippen LogP contribution in [0.5, 0.6) is 0 Å². The van der Waals surface area contributed by atoms with E-state index < -0.39 is 5.82 Å². The van der Waals surface area contributed by atoms with Crippen LogP contribution in [0.15, 0.2) is 36.4 Å². The number of hydrogen-bond acceptors (Lipinski definition) is 1. The third kappa shape index (κ3) is 2.55. The number of halogens is 3. The first-order valence-electron chi connectivity index (χ1n) is 5.25. The molecule has 0 radical (unpaired) electrons. The van der Waals surface area contributed by atoms with Gasteiger partial charge in [-0.05, 0) is 31.2 Å². The fraction of sp³-hybridized carbons (Fsp3) is 0.0714. The van der Waals surface area contributed by atoms with Crippen molar-refractivity contribution in [3.8, 4) is 11.1 Å². The molecule has 0 amide bonds. The summed E-state index contributed by atoms with van der Waals surface area (Å²) in [5.41, 5.74) is 1.40. The maximum Gasteiger partial charge on any atom is 0.159 e. The Morgan fingerprint density at radius 3 is 2.28 bits per heavy atom. The molecule has 4 heteroatoms. The molecule has 0 heterocycles. The topological polar surface area (TPSA) is 17.1 Å². The molecule has 0 saturated carbocycles. The lowest BCUT2D eigenvalue weighted by atomic mass is 10.0. The van der Waals surface area contributed by atoms with Gasteiger partial charge in [0.05, 0.1) is 0 Å². The number of hydrogen-bond donors (Lipinski definition) is 0. The lowest BCUT2D eigenvalue weighted by Crippen LogP contribution is -1.93. The molecule has 1 nitrogen and oxygen atoms in total. The average Bonchev–Trinajstić information content (AvgIpc) is 2.30. The Hall–Kier alpha value is -1.38. The molecule has 2 rings (SSSR count). The SMILES string of the molecule is CC(=O)c1ccc(-c2ccc(Cl)cc2F)c(Cl)c1. The van der Waals surface area contributed by atoms with Crippen LogP contribution in [0.1, 0.15) is 17.3 Å². The number of rotatable bonds is 2. The third-order valence-electron chi connectivity index (χ3n) is 2.60. The van der Waals surface area contributed by atoms with Gasteiger partial charge < -0.3 is 0 Å². The average molecular weight is 283 g/mol. The molecule has 0 aromatic heterocycles. The first-order chi connectivity index (χ1) is 8.49. The van der Waals surface area contributed by atoms with E-state index in [0.717, 1.165) is 0 Å². The van der Waals surface area contributed by atoms with E-state index in [0.29, 0.717) is 26.7 Å². The summed E-state index contributed by atoms with van der Waals surface area (Å²) in [5, 5.41) is 0.664. The third-order valence-corrected chi connectivity index (χ3v) is 3.14. The van der Waals surface area contributed by atoms with Crippen LogP contribution < -0.4 is 0 Å². The first-order valence-corrected chi connectivity index (χ1v) is 6.00. The molecule has 2 aromatic carbocycles. The highest BCUT2D eigenvalue weighted by molar-refractivity contribution is 6.34. The summed E-state index contributed by atoms with van der Waals surface area (Å²) in [6.45, 7) is 1.45. The Kier molecular flexibility index (Phi) is 3.69. The van der Waals surface area contributed by atoms with Gasteiger partial charge in [-0.2, -0.15) is 0 Å². The van der Waals surface area contributed by atoms with Gasteiger partial charge in [-0.15, -0.1) is 0 Å². The summed E-state index contributed by atoms with van der Waals surface area (Å²) >= 11 is 11.8. The summed E-state index contributed by atoms with van der Waals surface area (Å²) < 4.78 is 13.8. The Labute approximate surface area is 114 Å². The summed E-state index contributed by atoms with van der Waals surface area (Å²) in [4.78, 5) is 11.2. The predicted octanol–water partition coefficient (Wildman–Crippen LogP) is 5.00. The maximum absolute atomic E-state index is 13.8. The van der Waals surface area contributed by atoms with Gasteiger partial charge in [-0.3, -0.25) is 4.79 Å². The number of ketones is 1. The lowest BCUT2D eigenvalue weighted by molar-refractivity contribution is 0.101. The Bertz CT molecular complexity index is 623. The molecule has 0 aliphatic rings. The van der Waals surface area contributed by atoms with Crippen molar-refractivity contribution in [1.29, 1.82) is 0 Å². The van der Waals surface area contributed by atoms with Crippen molar-refractivity contribution in [2.45, 2.75) is 6.92 Å². The van der Waals surface area contributed by atoms with Crippen molar-refractivity contribution in [1.82, 2.24) is 0 Å². The molecule has 18 heavy (non-hydrogen) atoms. The van der Waals surface area contributed by atoms with E-state index in [-0.39, 0.29) is 5.78 Å². The van der Waals surface area contributed by atoms with Crippen molar-refractivity contribution in [2.75, 3.05) is 0 Å². The number of Topliss-reactive ketones (excluding diaryl/α,β-unsaturated/α-hetero) is 1. The summed E-state index contributed by atoms with van der Waals surface area (Å²) in [6, 6.07) is 9.17. The van der Waals surface area contributed by atoms with Gasteiger partial charge in [0.25, 0.3) is 0 Å². The molecule has 0 saturated heterocycles. The van der Waals surface area contributed by atoms with Crippen molar-refractivity contribution in [3.05, 3.63) is 57.8 Å². The molecular formula is C14H9Cl2FO. The molecule has 92 valence electrons. The molecule has 0 aliphatic heterocycles. The van der Waals surface area contributed by atoms with Gasteiger partial charge in [-0.25, -0.2) is 4.39 Å². The minimum Gasteiger partial charge on any atom is -0.295 e. The summed E-state index contributed by atoms with van der Waals surface area (Å²) in [6.07, 6.45) is 0. The number of carbonyl (C=O) groups is 1. The van der Waals surface area contributed by atoms with Crippen LogP contribution >= 0.6 is 23.2 Å². The molecule has 0 unspecified atom stereocenters. The van der Waals surface area contributed by atoms with E-state index in [1.165, 1.54) is 19.1 Å². The molecule has 0 fully saturated rings. The van der Waals surface area contributed by atoms with Crippen LogP contribution in [0.3, 0.4) is 0 Å². The van der Waals surface area contributed by atoms with Crippen molar-refractivity contribution < 1.29 is 9.18 Å². The zero-order valence-electron chi connectivity index (χ0n) is 9.51. The quantitative estimate of drug-likeness (QED) is 0.709. The van der Waals surface area contributed by atoms with Crippen LogP contribution in [0.4, 0.5) is 4.39 Å². The Morgan fingerprint density at radius 2 is 1.72 bits per heavy atom. The van der Waals surface area contributed by atoms with E-state index in [2.05, 4.69) is 0 Å². The van der Waals surface area contributed by atoms with Crippen LogP contribution in [-0.4, -0.2) is 5.78 Å². The van der Waals surface area contributed by atoms with Crippen LogP contribution in [0.25, 0.3) is 11.1 Å². The normalized spacial score (nSPS) is 10.4. The second kappa shape index (κ2) is 5.09. The lowest BCUT2D eigenvalue weighted by Gasteiger charge is -2.07. The van der Waals surface area contributed by atoms with Gasteiger partial charge in [0.15, 0.2) is 5.78 Å². The van der Waals surface area contributed by atoms with E-state index >= 15 is 0 Å². The first kappa shape index (κ1) is 13.1. The Balaban J connectivity index is 2.54. The zero-order chi connectivity index (χ0) is 13.3. The second-order valence-corrected chi connectivity index (χ2v) is 4.72. The minimum absolute atomic E-state index is 0.0833. The van der Waals surface area contributed by atoms with E-state index in [4.69, 9.17) is 23.2 Å². The van der Waals surface area contributed by atoms with Crippen LogP contribution in [-0.2, 0) is 0 Å². The van der Waals surface area contributed by atoms with Crippen LogP contribution in [0, 0.1) is 5.82 Å². The maximum atomic E-state index is 13.8. The minimum atomic E-state index is -0.444. The van der Waals surface area contributed by atoms with Crippen molar-refractivity contribution in [2.24, 2.45) is 0 Å². The molecule has 0 N–H and O–H groups in total. The highest BCUT2D eigenvalue weighted by Gasteiger charge is 2.11. The molecular weight excluding hydrogens is 274 g/mol.